The van der Waals surface area contributed by atoms with E-state index in [1.165, 1.54) is 6.92 Å². The van der Waals surface area contributed by atoms with Crippen molar-refractivity contribution < 1.29 is 9.90 Å². The highest BCUT2D eigenvalue weighted by molar-refractivity contribution is 6.31. The van der Waals surface area contributed by atoms with E-state index in [0.29, 0.717) is 24.7 Å². The predicted molar refractivity (Wildman–Crippen MR) is 72.7 cm³/mol. The van der Waals surface area contributed by atoms with Crippen molar-refractivity contribution >= 4 is 17.5 Å². The SMILES string of the molecule is CC(=O)NCCNCC(O)c1ccc(Cl)c(C)c1. The molecule has 1 unspecified atom stereocenters. The first kappa shape index (κ1) is 15.0. The molecule has 0 aliphatic rings. The van der Waals surface area contributed by atoms with E-state index >= 15 is 0 Å². The number of aliphatic hydroxyl groups excluding tert-OH is 1. The standard InChI is InChI=1S/C13H19ClN2O2/c1-9-7-11(3-4-12(9)14)13(18)8-15-5-6-16-10(2)17/h3-4,7,13,15,18H,5-6,8H2,1-2H3,(H,16,17). The van der Waals surface area contributed by atoms with Crippen molar-refractivity contribution in [1.29, 1.82) is 0 Å². The Balaban J connectivity index is 2.34. The van der Waals surface area contributed by atoms with Crippen LogP contribution in [0.1, 0.15) is 24.2 Å². The molecular weight excluding hydrogens is 252 g/mol. The van der Waals surface area contributed by atoms with Crippen LogP contribution >= 0.6 is 11.6 Å². The number of aliphatic hydroxyl groups is 1. The Kier molecular flexibility index (Phi) is 6.12. The fraction of sp³-hybridized carbons (Fsp3) is 0.462. The summed E-state index contributed by atoms with van der Waals surface area (Å²) in [5, 5.41) is 16.4. The minimum Gasteiger partial charge on any atom is -0.387 e. The summed E-state index contributed by atoms with van der Waals surface area (Å²) in [6.45, 7) is 5.01. The molecule has 0 aromatic heterocycles. The predicted octanol–water partition coefficient (Wildman–Crippen LogP) is 1.41. The normalized spacial score (nSPS) is 12.2. The molecule has 0 saturated heterocycles. The molecule has 4 nitrogen and oxygen atoms in total. The fourth-order valence-electron chi connectivity index (χ4n) is 1.56. The third-order valence-electron chi connectivity index (χ3n) is 2.58. The summed E-state index contributed by atoms with van der Waals surface area (Å²) < 4.78 is 0. The minimum atomic E-state index is -0.571. The third-order valence-corrected chi connectivity index (χ3v) is 3.00. The van der Waals surface area contributed by atoms with Crippen molar-refractivity contribution in [2.75, 3.05) is 19.6 Å². The van der Waals surface area contributed by atoms with Gasteiger partial charge in [-0.2, -0.15) is 0 Å². The molecule has 0 fully saturated rings. The minimum absolute atomic E-state index is 0.0503. The lowest BCUT2D eigenvalue weighted by Crippen LogP contribution is -2.32. The summed E-state index contributed by atoms with van der Waals surface area (Å²) in [5.74, 6) is -0.0503. The Bertz CT molecular complexity index is 410. The first-order chi connectivity index (χ1) is 8.50. The Morgan fingerprint density at radius 3 is 2.78 bits per heavy atom. The maximum atomic E-state index is 10.6. The molecule has 0 aliphatic carbocycles. The smallest absolute Gasteiger partial charge is 0.216 e. The van der Waals surface area contributed by atoms with Gasteiger partial charge in [0.05, 0.1) is 6.10 Å². The monoisotopic (exact) mass is 270 g/mol. The molecular formula is C13H19ClN2O2. The summed E-state index contributed by atoms with van der Waals surface area (Å²) in [7, 11) is 0. The van der Waals surface area contributed by atoms with Gasteiger partial charge in [-0.15, -0.1) is 0 Å². The van der Waals surface area contributed by atoms with Crippen LogP contribution in [0.25, 0.3) is 0 Å². The maximum absolute atomic E-state index is 10.6. The van der Waals surface area contributed by atoms with Crippen LogP contribution in [-0.4, -0.2) is 30.6 Å². The topological polar surface area (TPSA) is 61.4 Å². The average Bonchev–Trinajstić information content (AvgIpc) is 2.31. The van der Waals surface area contributed by atoms with E-state index in [1.54, 1.807) is 6.07 Å². The van der Waals surface area contributed by atoms with E-state index in [9.17, 15) is 9.90 Å². The zero-order valence-corrected chi connectivity index (χ0v) is 11.4. The van der Waals surface area contributed by atoms with Crippen LogP contribution in [0.3, 0.4) is 0 Å². The van der Waals surface area contributed by atoms with Gasteiger partial charge < -0.3 is 15.7 Å². The quantitative estimate of drug-likeness (QED) is 0.685. The second-order valence-electron chi connectivity index (χ2n) is 4.21. The van der Waals surface area contributed by atoms with Crippen molar-refractivity contribution in [3.63, 3.8) is 0 Å². The van der Waals surface area contributed by atoms with E-state index in [1.807, 2.05) is 19.1 Å². The summed E-state index contributed by atoms with van der Waals surface area (Å²) in [6, 6.07) is 5.48. The van der Waals surface area contributed by atoms with Crippen LogP contribution in [0.5, 0.6) is 0 Å². The average molecular weight is 271 g/mol. The molecule has 1 aromatic carbocycles. The van der Waals surface area contributed by atoms with E-state index < -0.39 is 6.10 Å². The molecule has 1 rings (SSSR count). The second kappa shape index (κ2) is 7.36. The first-order valence-electron chi connectivity index (χ1n) is 5.90. The van der Waals surface area contributed by atoms with Gasteiger partial charge >= 0.3 is 0 Å². The summed E-state index contributed by atoms with van der Waals surface area (Å²) in [5.41, 5.74) is 1.79. The lowest BCUT2D eigenvalue weighted by atomic mass is 10.1. The van der Waals surface area contributed by atoms with Gasteiger partial charge in [-0.1, -0.05) is 23.7 Å². The van der Waals surface area contributed by atoms with Crippen molar-refractivity contribution in [1.82, 2.24) is 10.6 Å². The molecule has 5 heteroatoms. The van der Waals surface area contributed by atoms with Crippen LogP contribution in [-0.2, 0) is 4.79 Å². The molecule has 1 aromatic rings. The number of hydrogen-bond acceptors (Lipinski definition) is 3. The molecule has 0 heterocycles. The van der Waals surface area contributed by atoms with Gasteiger partial charge in [0.25, 0.3) is 0 Å². The van der Waals surface area contributed by atoms with Gasteiger partial charge in [0.2, 0.25) is 5.91 Å². The van der Waals surface area contributed by atoms with Crippen molar-refractivity contribution in [3.8, 4) is 0 Å². The zero-order valence-electron chi connectivity index (χ0n) is 10.7. The molecule has 0 bridgehead atoms. The van der Waals surface area contributed by atoms with Crippen LogP contribution in [0.15, 0.2) is 18.2 Å². The molecule has 3 N–H and O–H groups in total. The van der Waals surface area contributed by atoms with Gasteiger partial charge in [0.15, 0.2) is 0 Å². The van der Waals surface area contributed by atoms with Crippen LogP contribution in [0.2, 0.25) is 5.02 Å². The maximum Gasteiger partial charge on any atom is 0.216 e. The van der Waals surface area contributed by atoms with E-state index in [4.69, 9.17) is 11.6 Å². The molecule has 1 amide bonds. The third kappa shape index (κ3) is 5.04. The van der Waals surface area contributed by atoms with Crippen molar-refractivity contribution in [2.45, 2.75) is 20.0 Å². The lowest BCUT2D eigenvalue weighted by Gasteiger charge is -2.13. The number of rotatable bonds is 6. The lowest BCUT2D eigenvalue weighted by molar-refractivity contribution is -0.118. The van der Waals surface area contributed by atoms with Crippen LogP contribution in [0, 0.1) is 6.92 Å². The van der Waals surface area contributed by atoms with Crippen molar-refractivity contribution in [3.05, 3.63) is 34.3 Å². The molecule has 18 heavy (non-hydrogen) atoms. The zero-order chi connectivity index (χ0) is 13.5. The van der Waals surface area contributed by atoms with Gasteiger partial charge in [-0.3, -0.25) is 4.79 Å². The summed E-state index contributed by atoms with van der Waals surface area (Å²) in [4.78, 5) is 10.6. The Morgan fingerprint density at radius 1 is 1.44 bits per heavy atom. The number of benzene rings is 1. The first-order valence-corrected chi connectivity index (χ1v) is 6.27. The number of carbonyl (C=O) groups excluding carboxylic acids is 1. The number of halogens is 1. The van der Waals surface area contributed by atoms with Crippen LogP contribution in [0.4, 0.5) is 0 Å². The number of amides is 1. The van der Waals surface area contributed by atoms with Gasteiger partial charge in [0.1, 0.15) is 0 Å². The molecule has 0 saturated carbocycles. The van der Waals surface area contributed by atoms with E-state index in [-0.39, 0.29) is 5.91 Å². The highest BCUT2D eigenvalue weighted by atomic mass is 35.5. The van der Waals surface area contributed by atoms with Crippen LogP contribution < -0.4 is 10.6 Å². The van der Waals surface area contributed by atoms with Gasteiger partial charge in [-0.05, 0) is 24.1 Å². The Labute approximate surface area is 112 Å². The van der Waals surface area contributed by atoms with Gasteiger partial charge in [-0.25, -0.2) is 0 Å². The molecule has 0 radical (unpaired) electrons. The Morgan fingerprint density at radius 2 is 2.17 bits per heavy atom. The number of carbonyl (C=O) groups is 1. The second-order valence-corrected chi connectivity index (χ2v) is 4.62. The fourth-order valence-corrected chi connectivity index (χ4v) is 1.68. The summed E-state index contributed by atoms with van der Waals surface area (Å²) in [6.07, 6.45) is -0.571. The highest BCUT2D eigenvalue weighted by Crippen LogP contribution is 2.20. The number of nitrogens with one attached hydrogen (secondary N) is 2. The number of aryl methyl sites for hydroxylation is 1. The van der Waals surface area contributed by atoms with Gasteiger partial charge in [0, 0.05) is 31.6 Å². The van der Waals surface area contributed by atoms with E-state index in [2.05, 4.69) is 10.6 Å². The molecule has 0 aliphatic heterocycles. The Hall–Kier alpha value is -1.10. The van der Waals surface area contributed by atoms with E-state index in [0.717, 1.165) is 11.1 Å². The molecule has 1 atom stereocenters. The summed E-state index contributed by atoms with van der Waals surface area (Å²) >= 11 is 5.92. The molecule has 0 spiro atoms. The molecule has 100 valence electrons. The van der Waals surface area contributed by atoms with Crippen molar-refractivity contribution in [2.24, 2.45) is 0 Å². The highest BCUT2D eigenvalue weighted by Gasteiger charge is 2.08. The largest absolute Gasteiger partial charge is 0.387 e. The number of hydrogen-bond donors (Lipinski definition) is 3.